The summed E-state index contributed by atoms with van der Waals surface area (Å²) in [5, 5.41) is 4.01. The van der Waals surface area contributed by atoms with E-state index in [1.807, 2.05) is 12.1 Å². The van der Waals surface area contributed by atoms with Crippen LogP contribution in [0, 0.1) is 0 Å². The highest BCUT2D eigenvalue weighted by Crippen LogP contribution is 2.47. The Hall–Kier alpha value is -1.75. The summed E-state index contributed by atoms with van der Waals surface area (Å²) in [5.41, 5.74) is 3.36. The second-order valence-corrected chi connectivity index (χ2v) is 7.65. The summed E-state index contributed by atoms with van der Waals surface area (Å²) in [4.78, 5) is 19.9. The van der Waals surface area contributed by atoms with Crippen molar-refractivity contribution in [2.75, 3.05) is 5.32 Å². The molecule has 1 aliphatic carbocycles. The summed E-state index contributed by atoms with van der Waals surface area (Å²) in [6, 6.07) is 9.17. The number of aliphatic imine (C=N–C) groups is 1. The minimum absolute atomic E-state index is 0.0384. The zero-order valence-corrected chi connectivity index (χ0v) is 14.3. The number of nitrogens with one attached hydrogen (secondary N) is 1. The van der Waals surface area contributed by atoms with Crippen molar-refractivity contribution in [3.05, 3.63) is 34.7 Å². The fraction of sp³-hybridized carbons (Fsp3) is 0.444. The molecule has 0 saturated heterocycles. The van der Waals surface area contributed by atoms with Crippen LogP contribution in [0.15, 0.2) is 34.2 Å². The third-order valence-corrected chi connectivity index (χ3v) is 5.79. The molecule has 1 fully saturated rings. The molecule has 2 heterocycles. The summed E-state index contributed by atoms with van der Waals surface area (Å²) >= 11 is 1.81. The first-order chi connectivity index (χ1) is 11.1. The number of thioether (sulfide) groups is 1. The lowest BCUT2D eigenvalue weighted by Gasteiger charge is -2.32. The lowest BCUT2D eigenvalue weighted by atomic mass is 9.90. The van der Waals surface area contributed by atoms with Crippen molar-refractivity contribution in [2.24, 2.45) is 4.99 Å². The molecule has 1 amide bonds. The number of amidine groups is 1. The Balaban J connectivity index is 1.64. The number of benzene rings is 1. The molecule has 23 heavy (non-hydrogen) atoms. The van der Waals surface area contributed by atoms with Gasteiger partial charge < -0.3 is 10.2 Å². The molecule has 4 rings (SSSR count). The van der Waals surface area contributed by atoms with Gasteiger partial charge in [-0.2, -0.15) is 0 Å². The van der Waals surface area contributed by atoms with Crippen molar-refractivity contribution in [3.8, 4) is 0 Å². The van der Waals surface area contributed by atoms with Gasteiger partial charge in [0.05, 0.1) is 17.8 Å². The van der Waals surface area contributed by atoms with Gasteiger partial charge in [0.2, 0.25) is 5.91 Å². The van der Waals surface area contributed by atoms with E-state index >= 15 is 0 Å². The predicted octanol–water partition coefficient (Wildman–Crippen LogP) is 4.06. The average molecular weight is 327 g/mol. The molecule has 1 aromatic carbocycles. The van der Waals surface area contributed by atoms with Crippen LogP contribution in [0.1, 0.15) is 45.1 Å². The minimum atomic E-state index is -0.0384. The molecule has 1 saturated carbocycles. The second-order valence-electron chi connectivity index (χ2n) is 6.47. The van der Waals surface area contributed by atoms with Crippen LogP contribution in [0.4, 0.5) is 5.69 Å². The highest BCUT2D eigenvalue weighted by molar-refractivity contribution is 8.17. The van der Waals surface area contributed by atoms with Crippen LogP contribution in [0.3, 0.4) is 0 Å². The molecule has 2 aliphatic heterocycles. The van der Waals surface area contributed by atoms with E-state index < -0.39 is 0 Å². The number of carbonyl (C=O) groups is 1. The number of hydrogen-bond acceptors (Lipinski definition) is 4. The first-order valence-corrected chi connectivity index (χ1v) is 9.09. The third-order valence-electron chi connectivity index (χ3n) is 4.81. The zero-order valence-electron chi connectivity index (χ0n) is 13.5. The highest BCUT2D eigenvalue weighted by atomic mass is 32.2. The maximum Gasteiger partial charge on any atom is 0.221 e. The molecule has 0 unspecified atom stereocenters. The number of allylic oxidation sites excluding steroid dienone is 1. The van der Waals surface area contributed by atoms with Gasteiger partial charge in [-0.3, -0.25) is 9.79 Å². The maximum atomic E-state index is 11.2. The molecule has 5 heteroatoms. The van der Waals surface area contributed by atoms with Crippen molar-refractivity contribution in [3.63, 3.8) is 0 Å². The topological polar surface area (TPSA) is 44.7 Å². The zero-order chi connectivity index (χ0) is 16.0. The maximum absolute atomic E-state index is 11.2. The largest absolute Gasteiger partial charge is 0.326 e. The van der Waals surface area contributed by atoms with E-state index in [2.05, 4.69) is 29.3 Å². The van der Waals surface area contributed by atoms with Gasteiger partial charge in [-0.1, -0.05) is 36.7 Å². The van der Waals surface area contributed by atoms with Crippen molar-refractivity contribution in [1.29, 1.82) is 0 Å². The van der Waals surface area contributed by atoms with Gasteiger partial charge in [-0.25, -0.2) is 0 Å². The number of anilines is 1. The van der Waals surface area contributed by atoms with Crippen molar-refractivity contribution < 1.29 is 4.79 Å². The number of amides is 1. The Morgan fingerprint density at radius 1 is 1.26 bits per heavy atom. The summed E-state index contributed by atoms with van der Waals surface area (Å²) < 4.78 is 0. The molecule has 0 aromatic heterocycles. The fourth-order valence-corrected chi connectivity index (χ4v) is 4.94. The molecule has 2 atom stereocenters. The van der Waals surface area contributed by atoms with Crippen LogP contribution >= 0.6 is 11.8 Å². The number of nitrogens with zero attached hydrogens (tertiary/aromatic N) is 2. The number of rotatable bonds is 2. The van der Waals surface area contributed by atoms with Crippen LogP contribution in [0.5, 0.6) is 0 Å². The molecule has 120 valence electrons. The van der Waals surface area contributed by atoms with E-state index in [1.54, 1.807) is 11.8 Å². The van der Waals surface area contributed by atoms with Gasteiger partial charge in [-0.15, -0.1) is 0 Å². The smallest absolute Gasteiger partial charge is 0.221 e. The molecule has 1 N–H and O–H groups in total. The standard InChI is InChI=1S/C18H21N3OS/c1-11-17(13-7-9-14(10-8-13)19-12(2)22)21-16-6-4-3-5-15(16)20-18(21)23-11/h7-10,15-16H,3-6H2,1-2H3,(H,19,22)/t15-,16+/m1/s1. The SMILES string of the molecule is CC(=O)Nc1ccc(C2=C(C)SC3=N[C@@H]4CCCC[C@@H]4N32)cc1. The van der Waals surface area contributed by atoms with E-state index in [1.165, 1.54) is 53.9 Å². The summed E-state index contributed by atoms with van der Waals surface area (Å²) in [6.45, 7) is 3.71. The molecule has 0 bridgehead atoms. The van der Waals surface area contributed by atoms with E-state index in [0.717, 1.165) is 5.69 Å². The van der Waals surface area contributed by atoms with E-state index in [4.69, 9.17) is 4.99 Å². The Morgan fingerprint density at radius 3 is 2.74 bits per heavy atom. The average Bonchev–Trinajstić information content (AvgIpc) is 3.02. The Bertz CT molecular complexity index is 707. The predicted molar refractivity (Wildman–Crippen MR) is 96.2 cm³/mol. The molecule has 4 nitrogen and oxygen atoms in total. The van der Waals surface area contributed by atoms with E-state index in [-0.39, 0.29) is 5.91 Å². The van der Waals surface area contributed by atoms with Crippen molar-refractivity contribution in [1.82, 2.24) is 4.90 Å². The Labute approximate surface area is 141 Å². The Morgan fingerprint density at radius 2 is 2.00 bits per heavy atom. The fourth-order valence-electron chi connectivity index (χ4n) is 3.84. The first-order valence-electron chi connectivity index (χ1n) is 8.27. The van der Waals surface area contributed by atoms with Gasteiger partial charge in [-0.05, 0) is 37.5 Å². The van der Waals surface area contributed by atoms with Crippen LogP contribution in [-0.4, -0.2) is 28.1 Å². The molecule has 3 aliphatic rings. The van der Waals surface area contributed by atoms with Crippen molar-refractivity contribution in [2.45, 2.75) is 51.6 Å². The van der Waals surface area contributed by atoms with Gasteiger partial charge >= 0.3 is 0 Å². The van der Waals surface area contributed by atoms with E-state index in [9.17, 15) is 4.79 Å². The monoisotopic (exact) mass is 327 g/mol. The van der Waals surface area contributed by atoms with Crippen LogP contribution in [0.2, 0.25) is 0 Å². The highest BCUT2D eigenvalue weighted by Gasteiger charge is 2.43. The quantitative estimate of drug-likeness (QED) is 0.891. The van der Waals surface area contributed by atoms with Gasteiger partial charge in [0.1, 0.15) is 0 Å². The summed E-state index contributed by atoms with van der Waals surface area (Å²) in [5.74, 6) is -0.0384. The van der Waals surface area contributed by atoms with E-state index in [0.29, 0.717) is 12.1 Å². The normalized spacial score (nSPS) is 26.0. The van der Waals surface area contributed by atoms with Crippen LogP contribution < -0.4 is 5.32 Å². The molecular formula is C18H21N3OS. The number of carbonyl (C=O) groups excluding carboxylic acids is 1. The molecular weight excluding hydrogens is 306 g/mol. The van der Waals surface area contributed by atoms with Gasteiger partial charge in [0.25, 0.3) is 0 Å². The summed E-state index contributed by atoms with van der Waals surface area (Å²) in [7, 11) is 0. The molecule has 0 spiro atoms. The summed E-state index contributed by atoms with van der Waals surface area (Å²) in [6.07, 6.45) is 5.07. The Kier molecular flexibility index (Phi) is 3.68. The van der Waals surface area contributed by atoms with Crippen LogP contribution in [0.25, 0.3) is 5.70 Å². The number of hydrogen-bond donors (Lipinski definition) is 1. The van der Waals surface area contributed by atoms with Crippen LogP contribution in [-0.2, 0) is 4.79 Å². The van der Waals surface area contributed by atoms with Gasteiger partial charge in [0, 0.05) is 17.5 Å². The lowest BCUT2D eigenvalue weighted by molar-refractivity contribution is -0.114. The molecule has 1 aromatic rings. The third kappa shape index (κ3) is 2.57. The lowest BCUT2D eigenvalue weighted by Crippen LogP contribution is -2.38. The number of fused-ring (bicyclic) bond motifs is 3. The minimum Gasteiger partial charge on any atom is -0.326 e. The molecule has 0 radical (unpaired) electrons. The van der Waals surface area contributed by atoms with Crippen molar-refractivity contribution >= 4 is 34.2 Å². The first kappa shape index (κ1) is 14.8. The second kappa shape index (κ2) is 5.71. The van der Waals surface area contributed by atoms with Gasteiger partial charge in [0.15, 0.2) is 5.17 Å².